The van der Waals surface area contributed by atoms with Crippen molar-refractivity contribution in [3.63, 3.8) is 0 Å². The van der Waals surface area contributed by atoms with Crippen molar-refractivity contribution >= 4 is 5.91 Å². The van der Waals surface area contributed by atoms with Gasteiger partial charge in [0, 0.05) is 6.04 Å². The second-order valence-electron chi connectivity index (χ2n) is 6.56. The molecule has 1 aromatic heterocycles. The summed E-state index contributed by atoms with van der Waals surface area (Å²) in [6.45, 7) is 6.01. The molecule has 1 N–H and O–H groups in total. The smallest absolute Gasteiger partial charge is 0.253 e. The van der Waals surface area contributed by atoms with Crippen LogP contribution in [0.4, 0.5) is 0 Å². The summed E-state index contributed by atoms with van der Waals surface area (Å²) in [5.41, 5.74) is 4.65. The summed E-state index contributed by atoms with van der Waals surface area (Å²) in [4.78, 5) is 12.9. The molecule has 1 heterocycles. The molecule has 0 saturated carbocycles. The van der Waals surface area contributed by atoms with Crippen molar-refractivity contribution in [3.05, 3.63) is 71.0 Å². The van der Waals surface area contributed by atoms with Crippen LogP contribution in [0.5, 0.6) is 0 Å². The molecule has 3 rings (SSSR count). The molecule has 0 fully saturated rings. The second kappa shape index (κ2) is 7.91. The summed E-state index contributed by atoms with van der Waals surface area (Å²) < 4.78 is 1.55. The van der Waals surface area contributed by atoms with Gasteiger partial charge in [-0.1, -0.05) is 36.4 Å². The van der Waals surface area contributed by atoms with Gasteiger partial charge in [0.15, 0.2) is 0 Å². The standard InChI is InChI=1S/C20H23N5O/c1-14-9-12-18(19(16(14)3)25-13-21-23-24-25)20(26)22-15(2)10-11-17-7-5-4-6-8-17/h4-9,12-13,15H,10-11H2,1-3H3,(H,22,26). The van der Waals surface area contributed by atoms with Crippen molar-refractivity contribution in [1.82, 2.24) is 25.5 Å². The average molecular weight is 349 g/mol. The third-order valence-corrected chi connectivity index (χ3v) is 4.61. The molecule has 0 radical (unpaired) electrons. The predicted octanol–water partition coefficient (Wildman–Crippen LogP) is 3.03. The van der Waals surface area contributed by atoms with E-state index in [2.05, 4.69) is 33.0 Å². The number of aryl methyl sites for hydroxylation is 2. The molecule has 0 saturated heterocycles. The van der Waals surface area contributed by atoms with Gasteiger partial charge in [-0.25, -0.2) is 0 Å². The van der Waals surface area contributed by atoms with Crippen LogP contribution in [-0.2, 0) is 6.42 Å². The van der Waals surface area contributed by atoms with Gasteiger partial charge in [-0.3, -0.25) is 4.79 Å². The van der Waals surface area contributed by atoms with E-state index in [-0.39, 0.29) is 11.9 Å². The molecule has 6 nitrogen and oxygen atoms in total. The fraction of sp³-hybridized carbons (Fsp3) is 0.300. The first-order chi connectivity index (χ1) is 12.6. The highest BCUT2D eigenvalue weighted by molar-refractivity contribution is 5.98. The summed E-state index contributed by atoms with van der Waals surface area (Å²) in [6.07, 6.45) is 3.31. The Kier molecular flexibility index (Phi) is 5.41. The minimum Gasteiger partial charge on any atom is -0.350 e. The minimum atomic E-state index is -0.112. The van der Waals surface area contributed by atoms with E-state index in [1.807, 2.05) is 51.1 Å². The van der Waals surface area contributed by atoms with E-state index in [1.165, 1.54) is 11.9 Å². The predicted molar refractivity (Wildman–Crippen MR) is 100 cm³/mol. The van der Waals surface area contributed by atoms with Crippen molar-refractivity contribution in [2.24, 2.45) is 0 Å². The lowest BCUT2D eigenvalue weighted by atomic mass is 10.0. The highest BCUT2D eigenvalue weighted by atomic mass is 16.1. The summed E-state index contributed by atoms with van der Waals surface area (Å²) >= 11 is 0. The first kappa shape index (κ1) is 17.8. The molecule has 2 aromatic carbocycles. The number of nitrogens with one attached hydrogen (secondary N) is 1. The van der Waals surface area contributed by atoms with E-state index in [1.54, 1.807) is 4.68 Å². The number of benzene rings is 2. The fourth-order valence-electron chi connectivity index (χ4n) is 2.94. The van der Waals surface area contributed by atoms with Crippen LogP contribution in [0.1, 0.15) is 40.4 Å². The van der Waals surface area contributed by atoms with E-state index in [0.29, 0.717) is 5.56 Å². The molecule has 0 aliphatic carbocycles. The summed E-state index contributed by atoms with van der Waals surface area (Å²) in [5, 5.41) is 14.4. The lowest BCUT2D eigenvalue weighted by Crippen LogP contribution is -2.33. The molecule has 134 valence electrons. The number of rotatable bonds is 6. The Morgan fingerprint density at radius 1 is 1.15 bits per heavy atom. The zero-order valence-electron chi connectivity index (χ0n) is 15.3. The highest BCUT2D eigenvalue weighted by Crippen LogP contribution is 2.22. The SMILES string of the molecule is Cc1ccc(C(=O)NC(C)CCc2ccccc2)c(-n2cnnn2)c1C. The van der Waals surface area contributed by atoms with Crippen molar-refractivity contribution in [3.8, 4) is 5.69 Å². The van der Waals surface area contributed by atoms with E-state index in [9.17, 15) is 4.79 Å². The number of hydrogen-bond acceptors (Lipinski definition) is 4. The van der Waals surface area contributed by atoms with Crippen LogP contribution < -0.4 is 5.32 Å². The maximum atomic E-state index is 12.9. The zero-order chi connectivity index (χ0) is 18.5. The molecular formula is C20H23N5O. The van der Waals surface area contributed by atoms with Gasteiger partial charge in [0.05, 0.1) is 11.3 Å². The minimum absolute atomic E-state index is 0.0611. The molecule has 0 aliphatic heterocycles. The monoisotopic (exact) mass is 349 g/mol. The van der Waals surface area contributed by atoms with Crippen LogP contribution in [0.25, 0.3) is 5.69 Å². The Bertz CT molecular complexity index is 875. The summed E-state index contributed by atoms with van der Waals surface area (Å²) in [5.74, 6) is -0.112. The molecule has 3 aromatic rings. The molecule has 1 atom stereocenters. The van der Waals surface area contributed by atoms with Gasteiger partial charge in [0.1, 0.15) is 6.33 Å². The number of carbonyl (C=O) groups is 1. The van der Waals surface area contributed by atoms with Gasteiger partial charge < -0.3 is 5.32 Å². The number of aromatic nitrogens is 4. The second-order valence-corrected chi connectivity index (χ2v) is 6.56. The Balaban J connectivity index is 1.74. The Labute approximate surface area is 153 Å². The van der Waals surface area contributed by atoms with Crippen LogP contribution >= 0.6 is 0 Å². The quantitative estimate of drug-likeness (QED) is 0.742. The van der Waals surface area contributed by atoms with E-state index in [4.69, 9.17) is 0 Å². The number of amides is 1. The molecular weight excluding hydrogens is 326 g/mol. The van der Waals surface area contributed by atoms with Crippen LogP contribution in [0.3, 0.4) is 0 Å². The molecule has 0 spiro atoms. The molecule has 6 heteroatoms. The normalized spacial score (nSPS) is 12.0. The van der Waals surface area contributed by atoms with Crippen LogP contribution in [0, 0.1) is 13.8 Å². The summed E-state index contributed by atoms with van der Waals surface area (Å²) in [6, 6.07) is 14.1. The van der Waals surface area contributed by atoms with Gasteiger partial charge in [-0.15, -0.1) is 5.10 Å². The molecule has 26 heavy (non-hydrogen) atoms. The van der Waals surface area contributed by atoms with E-state index < -0.39 is 0 Å². The Morgan fingerprint density at radius 3 is 2.62 bits per heavy atom. The zero-order valence-corrected chi connectivity index (χ0v) is 15.3. The third-order valence-electron chi connectivity index (χ3n) is 4.61. The van der Waals surface area contributed by atoms with Crippen molar-refractivity contribution in [2.75, 3.05) is 0 Å². The Hall–Kier alpha value is -3.02. The Morgan fingerprint density at radius 2 is 1.92 bits per heavy atom. The van der Waals surface area contributed by atoms with E-state index >= 15 is 0 Å². The maximum Gasteiger partial charge on any atom is 0.253 e. The van der Waals surface area contributed by atoms with Crippen molar-refractivity contribution < 1.29 is 4.79 Å². The maximum absolute atomic E-state index is 12.9. The van der Waals surface area contributed by atoms with Gasteiger partial charge in [-0.2, -0.15) is 4.68 Å². The van der Waals surface area contributed by atoms with Crippen LogP contribution in [0.15, 0.2) is 48.8 Å². The lowest BCUT2D eigenvalue weighted by Gasteiger charge is -2.17. The van der Waals surface area contributed by atoms with E-state index in [0.717, 1.165) is 29.7 Å². The van der Waals surface area contributed by atoms with Crippen molar-refractivity contribution in [2.45, 2.75) is 39.7 Å². The molecule has 0 bridgehead atoms. The first-order valence-corrected chi connectivity index (χ1v) is 8.74. The number of nitrogens with zero attached hydrogens (tertiary/aromatic N) is 4. The average Bonchev–Trinajstić information content (AvgIpc) is 3.17. The van der Waals surface area contributed by atoms with Gasteiger partial charge in [0.2, 0.25) is 0 Å². The highest BCUT2D eigenvalue weighted by Gasteiger charge is 2.18. The third kappa shape index (κ3) is 3.96. The topological polar surface area (TPSA) is 72.7 Å². The van der Waals surface area contributed by atoms with Crippen LogP contribution in [0.2, 0.25) is 0 Å². The summed E-state index contributed by atoms with van der Waals surface area (Å²) in [7, 11) is 0. The van der Waals surface area contributed by atoms with Gasteiger partial charge in [-0.05, 0) is 66.8 Å². The largest absolute Gasteiger partial charge is 0.350 e. The van der Waals surface area contributed by atoms with Crippen molar-refractivity contribution in [1.29, 1.82) is 0 Å². The van der Waals surface area contributed by atoms with Crippen LogP contribution in [-0.4, -0.2) is 32.2 Å². The van der Waals surface area contributed by atoms with Gasteiger partial charge >= 0.3 is 0 Å². The fourth-order valence-corrected chi connectivity index (χ4v) is 2.94. The van der Waals surface area contributed by atoms with Gasteiger partial charge in [0.25, 0.3) is 5.91 Å². The molecule has 1 unspecified atom stereocenters. The number of tetrazole rings is 1. The molecule has 0 aliphatic rings. The molecule has 1 amide bonds. The first-order valence-electron chi connectivity index (χ1n) is 8.74. The number of hydrogen-bond donors (Lipinski definition) is 1. The lowest BCUT2D eigenvalue weighted by molar-refractivity contribution is 0.0938. The number of carbonyl (C=O) groups excluding carboxylic acids is 1.